The van der Waals surface area contributed by atoms with Crippen LogP contribution in [0.1, 0.15) is 45.0 Å². The Morgan fingerprint density at radius 3 is 1.79 bits per heavy atom. The van der Waals surface area contributed by atoms with E-state index in [0.29, 0.717) is 48.5 Å². The predicted octanol–water partition coefficient (Wildman–Crippen LogP) is 2.28. The van der Waals surface area contributed by atoms with Gasteiger partial charge in [0.25, 0.3) is 0 Å². The van der Waals surface area contributed by atoms with Gasteiger partial charge in [0, 0.05) is 18.7 Å². The minimum absolute atomic E-state index is 0. The zero-order valence-electron chi connectivity index (χ0n) is 18.8. The van der Waals surface area contributed by atoms with Crippen molar-refractivity contribution in [2.45, 2.75) is 47.1 Å². The average Bonchev–Trinajstić information content (AvgIpc) is 2.81. The Labute approximate surface area is 215 Å². The number of amidine groups is 2. The van der Waals surface area contributed by atoms with Crippen LogP contribution >= 0.6 is 0 Å². The first-order valence-electron chi connectivity index (χ1n) is 10.2. The van der Waals surface area contributed by atoms with Crippen LogP contribution in [-0.2, 0) is 48.9 Å². The molecule has 1 aromatic carbocycles. The molecule has 0 atom stereocenters. The summed E-state index contributed by atoms with van der Waals surface area (Å²) in [7, 11) is 0. The molecule has 0 spiro atoms. The van der Waals surface area contributed by atoms with E-state index >= 15 is 0 Å². The molecule has 2 rings (SSSR count). The van der Waals surface area contributed by atoms with Crippen molar-refractivity contribution in [1.29, 1.82) is 0 Å². The van der Waals surface area contributed by atoms with E-state index in [4.69, 9.17) is 25.3 Å². The summed E-state index contributed by atoms with van der Waals surface area (Å²) in [6.07, 6.45) is 1.30. The summed E-state index contributed by atoms with van der Waals surface area (Å²) in [6, 6.07) is 7.71. The van der Waals surface area contributed by atoms with E-state index in [1.54, 1.807) is 6.92 Å². The first-order valence-corrected chi connectivity index (χ1v) is 11.0. The number of benzene rings is 1. The minimum atomic E-state index is 0. The topological polar surface area (TPSA) is 125 Å². The summed E-state index contributed by atoms with van der Waals surface area (Å²) >= 11 is 10.4. The molecule has 0 amide bonds. The van der Waals surface area contributed by atoms with Crippen molar-refractivity contribution in [2.24, 2.45) is 20.4 Å². The summed E-state index contributed by atoms with van der Waals surface area (Å²) in [6.45, 7) is 8.84. The molecule has 1 aromatic heterocycles. The maximum atomic E-state index is 5.28. The molecule has 10 nitrogen and oxygen atoms in total. The van der Waals surface area contributed by atoms with Crippen LogP contribution in [0.25, 0.3) is 11.4 Å². The Morgan fingerprint density at radius 2 is 1.30 bits per heavy atom. The normalized spacial score (nSPS) is 12.8. The Balaban J connectivity index is 0.00000544. The third-order valence-electron chi connectivity index (χ3n) is 4.09. The van der Waals surface area contributed by atoms with Gasteiger partial charge >= 0.3 is 17.1 Å². The average molecular weight is 534 g/mol. The molecule has 0 aliphatic carbocycles. The van der Waals surface area contributed by atoms with Crippen molar-refractivity contribution in [1.82, 2.24) is 31.0 Å². The molecule has 13 heteroatoms. The van der Waals surface area contributed by atoms with Crippen molar-refractivity contribution in [3.05, 3.63) is 35.7 Å². The Hall–Kier alpha value is -2.60. The van der Waals surface area contributed by atoms with E-state index in [0.717, 1.165) is 16.8 Å². The molecular formula is C20H26CuN10S2. The monoisotopic (exact) mass is 533 g/mol. The summed E-state index contributed by atoms with van der Waals surface area (Å²) in [4.78, 5) is 0. The number of rotatable bonds is 9. The van der Waals surface area contributed by atoms with Gasteiger partial charge in [-0.2, -0.15) is 20.4 Å². The molecule has 2 N–H and O–H groups in total. The Bertz CT molecular complexity index is 989. The molecule has 0 saturated heterocycles. The molecular weight excluding hydrogens is 508 g/mol. The van der Waals surface area contributed by atoms with Gasteiger partial charge in [-0.15, -0.1) is 20.4 Å². The van der Waals surface area contributed by atoms with Crippen molar-refractivity contribution < 1.29 is 17.1 Å². The number of nitrogens with one attached hydrogen (secondary N) is 2. The smallest absolute Gasteiger partial charge is 0.741 e. The van der Waals surface area contributed by atoms with Crippen LogP contribution in [-0.4, -0.2) is 48.7 Å². The fourth-order valence-electron chi connectivity index (χ4n) is 2.44. The van der Waals surface area contributed by atoms with Gasteiger partial charge in [0.15, 0.2) is 5.82 Å². The summed E-state index contributed by atoms with van der Waals surface area (Å²) in [5.74, 6) is 1.01. The van der Waals surface area contributed by atoms with E-state index in [1.165, 1.54) is 0 Å². The SMILES string of the molecule is CCN/C([S-])=N/N=C(CC)/C(CC)=N/N=C(\[S-])NCc1ccc(-c2nnc(C)nn2)cc1.[Cu+2]. The van der Waals surface area contributed by atoms with Crippen LogP contribution in [0.3, 0.4) is 0 Å². The maximum absolute atomic E-state index is 5.28. The molecule has 0 bridgehead atoms. The molecule has 0 fully saturated rings. The molecule has 1 radical (unpaired) electrons. The van der Waals surface area contributed by atoms with Crippen LogP contribution in [0.2, 0.25) is 0 Å². The van der Waals surface area contributed by atoms with Crippen molar-refractivity contribution >= 4 is 47.0 Å². The number of nitrogens with zero attached hydrogens (tertiary/aromatic N) is 8. The van der Waals surface area contributed by atoms with Gasteiger partial charge in [-0.1, -0.05) is 38.1 Å². The van der Waals surface area contributed by atoms with Crippen molar-refractivity contribution in [3.63, 3.8) is 0 Å². The van der Waals surface area contributed by atoms with Gasteiger partial charge in [0.05, 0.1) is 11.4 Å². The number of aryl methyl sites for hydroxylation is 1. The summed E-state index contributed by atoms with van der Waals surface area (Å²) < 4.78 is 0. The second kappa shape index (κ2) is 15.3. The fourth-order valence-corrected chi connectivity index (χ4v) is 2.74. The van der Waals surface area contributed by atoms with E-state index in [1.807, 2.05) is 45.0 Å². The van der Waals surface area contributed by atoms with Crippen molar-refractivity contribution in [2.75, 3.05) is 6.54 Å². The number of aromatic nitrogens is 4. The Morgan fingerprint density at radius 1 is 0.788 bits per heavy atom. The summed E-state index contributed by atoms with van der Waals surface area (Å²) in [5.41, 5.74) is 3.29. The predicted molar refractivity (Wildman–Crippen MR) is 133 cm³/mol. The van der Waals surface area contributed by atoms with Gasteiger partial charge in [0.2, 0.25) is 5.82 Å². The molecule has 0 unspecified atom stereocenters. The quantitative estimate of drug-likeness (QED) is 0.165. The van der Waals surface area contributed by atoms with Gasteiger partial charge in [-0.05, 0) is 42.6 Å². The Kier molecular flexibility index (Phi) is 13.2. The molecule has 179 valence electrons. The standard InChI is InChI=1S/C20H28N10S2.Cu/c1-5-16(25-29-19(31)21-7-3)17(6-2)26-30-20(32)22-12-14-8-10-15(11-9-14)18-27-23-13(4)24-28-18;/h8-11H,5-7,12H2,1-4H3,(H2,21,29,31)(H2,22,30,32);/q;+2/p-2/b25-16+,26-17+;. The molecule has 0 saturated carbocycles. The van der Waals surface area contributed by atoms with E-state index in [9.17, 15) is 0 Å². The van der Waals surface area contributed by atoms with E-state index < -0.39 is 0 Å². The second-order valence-corrected chi connectivity index (χ2v) is 7.24. The van der Waals surface area contributed by atoms with Gasteiger partial charge in [-0.25, -0.2) is 0 Å². The number of hydrogen-bond acceptors (Lipinski definition) is 10. The van der Waals surface area contributed by atoms with Crippen LogP contribution in [0, 0.1) is 6.92 Å². The van der Waals surface area contributed by atoms with Crippen LogP contribution in [0.4, 0.5) is 0 Å². The van der Waals surface area contributed by atoms with E-state index in [2.05, 4.69) is 51.4 Å². The molecule has 0 aliphatic heterocycles. The van der Waals surface area contributed by atoms with Gasteiger partial charge < -0.3 is 35.9 Å². The molecule has 0 aliphatic rings. The number of hydrogen-bond donors (Lipinski definition) is 2. The molecule has 2 aromatic rings. The molecule has 33 heavy (non-hydrogen) atoms. The molecule has 1 heterocycles. The van der Waals surface area contributed by atoms with Crippen LogP contribution < -0.4 is 10.6 Å². The van der Waals surface area contributed by atoms with E-state index in [-0.39, 0.29) is 22.2 Å². The van der Waals surface area contributed by atoms with Gasteiger partial charge in [-0.3, -0.25) is 0 Å². The van der Waals surface area contributed by atoms with Crippen LogP contribution in [0.15, 0.2) is 44.7 Å². The third kappa shape index (κ3) is 9.82. The van der Waals surface area contributed by atoms with Crippen LogP contribution in [0.5, 0.6) is 0 Å². The minimum Gasteiger partial charge on any atom is -0.741 e. The second-order valence-electron chi connectivity index (χ2n) is 6.46. The fraction of sp³-hybridized carbons (Fsp3) is 0.400. The maximum Gasteiger partial charge on any atom is 2.00 e. The van der Waals surface area contributed by atoms with Crippen molar-refractivity contribution in [3.8, 4) is 11.4 Å². The zero-order valence-corrected chi connectivity index (χ0v) is 21.4. The first-order chi connectivity index (χ1) is 15.5. The first kappa shape index (κ1) is 28.4. The largest absolute Gasteiger partial charge is 2.00 e. The summed E-state index contributed by atoms with van der Waals surface area (Å²) in [5, 5.41) is 39.2. The third-order valence-corrected chi connectivity index (χ3v) is 4.54. The zero-order chi connectivity index (χ0) is 23.3. The van der Waals surface area contributed by atoms with Gasteiger partial charge in [0.1, 0.15) is 0 Å².